The van der Waals surface area contributed by atoms with Gasteiger partial charge < -0.3 is 15.4 Å². The summed E-state index contributed by atoms with van der Waals surface area (Å²) >= 11 is 6.08. The van der Waals surface area contributed by atoms with Crippen molar-refractivity contribution in [1.82, 2.24) is 14.8 Å². The third-order valence-electron chi connectivity index (χ3n) is 6.03. The van der Waals surface area contributed by atoms with Gasteiger partial charge in [0.15, 0.2) is 0 Å². The van der Waals surface area contributed by atoms with Crippen LogP contribution in [0.4, 0.5) is 0 Å². The smallest absolute Gasteiger partial charge is 0.236 e. The maximum atomic E-state index is 12.7. The molecule has 4 rings (SSSR count). The lowest BCUT2D eigenvalue weighted by Gasteiger charge is -2.35. The van der Waals surface area contributed by atoms with Crippen molar-refractivity contribution < 1.29 is 14.3 Å². The second-order valence-corrected chi connectivity index (χ2v) is 8.57. The molecule has 2 fully saturated rings. The number of primary amides is 1. The van der Waals surface area contributed by atoms with Gasteiger partial charge in [-0.1, -0.05) is 29.8 Å². The molecule has 0 spiro atoms. The summed E-state index contributed by atoms with van der Waals surface area (Å²) < 4.78 is 5.92. The Kier molecular flexibility index (Phi) is 6.85. The highest BCUT2D eigenvalue weighted by Crippen LogP contribution is 2.26. The molecule has 2 aromatic rings. The average molecular weight is 443 g/mol. The van der Waals surface area contributed by atoms with Crippen LogP contribution >= 0.6 is 11.6 Å². The van der Waals surface area contributed by atoms with Crippen molar-refractivity contribution in [2.45, 2.75) is 18.9 Å². The van der Waals surface area contributed by atoms with E-state index < -0.39 is 0 Å². The van der Waals surface area contributed by atoms with Crippen molar-refractivity contribution in [3.63, 3.8) is 0 Å². The molecule has 1 atom stereocenters. The first-order chi connectivity index (χ1) is 15.0. The van der Waals surface area contributed by atoms with E-state index in [1.165, 1.54) is 0 Å². The predicted octanol–water partition coefficient (Wildman–Crippen LogP) is 2.50. The molecule has 164 valence electrons. The number of benzene rings is 1. The Labute approximate surface area is 187 Å². The molecule has 2 saturated heterocycles. The normalized spacial score (nSPS) is 20.5. The summed E-state index contributed by atoms with van der Waals surface area (Å²) in [6, 6.07) is 11.7. The average Bonchev–Trinajstić information content (AvgIpc) is 2.79. The summed E-state index contributed by atoms with van der Waals surface area (Å²) in [7, 11) is 0. The Morgan fingerprint density at radius 1 is 1.13 bits per heavy atom. The van der Waals surface area contributed by atoms with Crippen LogP contribution in [0.15, 0.2) is 42.6 Å². The second kappa shape index (κ2) is 9.77. The number of piperidine rings is 1. The van der Waals surface area contributed by atoms with E-state index in [2.05, 4.69) is 9.88 Å². The Morgan fingerprint density at radius 3 is 2.61 bits per heavy atom. The number of rotatable bonds is 5. The van der Waals surface area contributed by atoms with Gasteiger partial charge in [-0.2, -0.15) is 0 Å². The van der Waals surface area contributed by atoms with Crippen LogP contribution in [0.2, 0.25) is 5.02 Å². The Bertz CT molecular complexity index is 929. The molecule has 0 bridgehead atoms. The van der Waals surface area contributed by atoms with Gasteiger partial charge in [-0.15, -0.1) is 0 Å². The van der Waals surface area contributed by atoms with Crippen molar-refractivity contribution in [2.75, 3.05) is 39.3 Å². The predicted molar refractivity (Wildman–Crippen MR) is 118 cm³/mol. The van der Waals surface area contributed by atoms with E-state index in [-0.39, 0.29) is 23.8 Å². The van der Waals surface area contributed by atoms with E-state index in [9.17, 15) is 9.59 Å². The number of halogens is 1. The summed E-state index contributed by atoms with van der Waals surface area (Å²) in [6.45, 7) is 3.41. The van der Waals surface area contributed by atoms with Gasteiger partial charge in [0.05, 0.1) is 18.8 Å². The first-order valence-corrected chi connectivity index (χ1v) is 11.0. The van der Waals surface area contributed by atoms with Crippen molar-refractivity contribution in [3.05, 3.63) is 53.3 Å². The largest absolute Gasteiger partial charge is 0.369 e. The number of nitrogens with zero attached hydrogens (tertiary/aromatic N) is 3. The molecule has 2 aliphatic rings. The molecular formula is C23H27ClN4O3. The summed E-state index contributed by atoms with van der Waals surface area (Å²) in [5.41, 5.74) is 8.24. The lowest BCUT2D eigenvalue weighted by Crippen LogP contribution is -2.48. The van der Waals surface area contributed by atoms with E-state index >= 15 is 0 Å². The molecule has 3 heterocycles. The molecule has 1 aromatic carbocycles. The van der Waals surface area contributed by atoms with Crippen LogP contribution in [0.5, 0.6) is 0 Å². The zero-order valence-electron chi connectivity index (χ0n) is 17.4. The third kappa shape index (κ3) is 5.42. The monoisotopic (exact) mass is 442 g/mol. The molecule has 0 saturated carbocycles. The highest BCUT2D eigenvalue weighted by molar-refractivity contribution is 6.30. The van der Waals surface area contributed by atoms with Crippen LogP contribution in [0.1, 0.15) is 24.6 Å². The molecule has 2 amide bonds. The van der Waals surface area contributed by atoms with Gasteiger partial charge in [-0.25, -0.2) is 0 Å². The van der Waals surface area contributed by atoms with Gasteiger partial charge >= 0.3 is 0 Å². The minimum absolute atomic E-state index is 0.0906. The molecule has 1 aromatic heterocycles. The van der Waals surface area contributed by atoms with Crippen LogP contribution in [-0.2, 0) is 14.3 Å². The standard InChI is InChI=1S/C23H27ClN4O3/c24-19-3-1-2-17(12-19)18-4-5-20(26-13-18)21-14-27(10-11-31-21)15-22(29)28-8-6-16(7-9-28)23(25)30/h1-5,12-13,16,21H,6-11,14-15H2,(H2,25,30)/t21-/m1/s1. The summed E-state index contributed by atoms with van der Waals surface area (Å²) in [5.74, 6) is -0.289. The quantitative estimate of drug-likeness (QED) is 0.768. The van der Waals surface area contributed by atoms with Gasteiger partial charge in [0.1, 0.15) is 6.10 Å². The Hall–Kier alpha value is -2.48. The minimum Gasteiger partial charge on any atom is -0.369 e. The van der Waals surface area contributed by atoms with Crippen LogP contribution < -0.4 is 5.73 Å². The maximum Gasteiger partial charge on any atom is 0.236 e. The minimum atomic E-state index is -0.267. The number of likely N-dealkylation sites (tertiary alicyclic amines) is 1. The number of ether oxygens (including phenoxy) is 1. The molecule has 0 radical (unpaired) electrons. The molecule has 8 heteroatoms. The first-order valence-electron chi connectivity index (χ1n) is 10.6. The Morgan fingerprint density at radius 2 is 1.94 bits per heavy atom. The number of hydrogen-bond donors (Lipinski definition) is 1. The van der Waals surface area contributed by atoms with Gasteiger partial charge in [-0.05, 0) is 36.6 Å². The van der Waals surface area contributed by atoms with Crippen LogP contribution in [0.3, 0.4) is 0 Å². The van der Waals surface area contributed by atoms with Crippen molar-refractivity contribution >= 4 is 23.4 Å². The molecule has 7 nitrogen and oxygen atoms in total. The molecule has 31 heavy (non-hydrogen) atoms. The molecule has 0 aliphatic carbocycles. The topological polar surface area (TPSA) is 88.8 Å². The fraction of sp³-hybridized carbons (Fsp3) is 0.435. The number of amides is 2. The van der Waals surface area contributed by atoms with Gasteiger partial charge in [0.2, 0.25) is 11.8 Å². The number of morpholine rings is 1. The highest BCUT2D eigenvalue weighted by atomic mass is 35.5. The van der Waals surface area contributed by atoms with Crippen molar-refractivity contribution in [2.24, 2.45) is 11.7 Å². The first kappa shape index (κ1) is 21.7. The van der Waals surface area contributed by atoms with Crippen molar-refractivity contribution in [3.8, 4) is 11.1 Å². The summed E-state index contributed by atoms with van der Waals surface area (Å²) in [6.07, 6.45) is 2.96. The van der Waals surface area contributed by atoms with E-state index in [1.807, 2.05) is 47.5 Å². The SMILES string of the molecule is NC(=O)C1CCN(C(=O)CN2CCO[C@@H](c3ccc(-c4cccc(Cl)c4)cn3)C2)CC1. The van der Waals surface area contributed by atoms with Crippen molar-refractivity contribution in [1.29, 1.82) is 0 Å². The highest BCUT2D eigenvalue weighted by Gasteiger charge is 2.29. The zero-order chi connectivity index (χ0) is 21.8. The molecular weight excluding hydrogens is 416 g/mol. The molecule has 2 N–H and O–H groups in total. The lowest BCUT2D eigenvalue weighted by atomic mass is 9.96. The van der Waals surface area contributed by atoms with Crippen LogP contribution in [-0.4, -0.2) is 65.9 Å². The third-order valence-corrected chi connectivity index (χ3v) is 6.27. The number of aromatic nitrogens is 1. The van der Waals surface area contributed by atoms with E-state index in [4.69, 9.17) is 22.1 Å². The molecule has 2 aliphatic heterocycles. The summed E-state index contributed by atoms with van der Waals surface area (Å²) in [5, 5.41) is 0.691. The van der Waals surface area contributed by atoms with Crippen LogP contribution in [0.25, 0.3) is 11.1 Å². The van der Waals surface area contributed by atoms with Gasteiger partial charge in [-0.3, -0.25) is 19.5 Å². The number of carbonyl (C=O) groups is 2. The lowest BCUT2D eigenvalue weighted by molar-refractivity contribution is -0.137. The second-order valence-electron chi connectivity index (χ2n) is 8.13. The van der Waals surface area contributed by atoms with E-state index in [0.29, 0.717) is 57.2 Å². The number of carbonyl (C=O) groups excluding carboxylic acids is 2. The number of nitrogens with two attached hydrogens (primary N) is 1. The van der Waals surface area contributed by atoms with Gasteiger partial charge in [0.25, 0.3) is 0 Å². The van der Waals surface area contributed by atoms with Gasteiger partial charge in [0, 0.05) is 48.9 Å². The fourth-order valence-corrected chi connectivity index (χ4v) is 4.35. The van der Waals surface area contributed by atoms with Crippen LogP contribution in [0, 0.1) is 5.92 Å². The summed E-state index contributed by atoms with van der Waals surface area (Å²) in [4.78, 5) is 32.6. The molecule has 0 unspecified atom stereocenters. The van der Waals surface area contributed by atoms with E-state index in [0.717, 1.165) is 16.8 Å². The van der Waals surface area contributed by atoms with E-state index in [1.54, 1.807) is 0 Å². The number of hydrogen-bond acceptors (Lipinski definition) is 5. The zero-order valence-corrected chi connectivity index (χ0v) is 18.1. The fourth-order valence-electron chi connectivity index (χ4n) is 4.16. The number of pyridine rings is 1. The Balaban J connectivity index is 1.33. The maximum absolute atomic E-state index is 12.7.